The summed E-state index contributed by atoms with van der Waals surface area (Å²) in [6.07, 6.45) is 1.59. The van der Waals surface area contributed by atoms with E-state index in [0.717, 1.165) is 4.90 Å². The van der Waals surface area contributed by atoms with Crippen molar-refractivity contribution in [2.24, 2.45) is 0 Å². The summed E-state index contributed by atoms with van der Waals surface area (Å²) in [6, 6.07) is 3.09. The molecular formula is C14H15BrN2O4. The Labute approximate surface area is 130 Å². The second-order valence-electron chi connectivity index (χ2n) is 4.32. The third kappa shape index (κ3) is 3.02. The van der Waals surface area contributed by atoms with Crippen LogP contribution in [-0.2, 0) is 4.79 Å². The minimum Gasteiger partial charge on any atom is -0.493 e. The molecule has 112 valence electrons. The first kappa shape index (κ1) is 15.4. The zero-order valence-corrected chi connectivity index (χ0v) is 13.5. The molecule has 0 atom stereocenters. The van der Waals surface area contributed by atoms with Crippen LogP contribution in [0.5, 0.6) is 11.5 Å². The van der Waals surface area contributed by atoms with Crippen molar-refractivity contribution in [3.63, 3.8) is 0 Å². The SMILES string of the molecule is CCOc1c(Br)cc(/C=C2/NC(=O)N(C)C2=O)cc1OC. The van der Waals surface area contributed by atoms with Crippen LogP contribution < -0.4 is 14.8 Å². The monoisotopic (exact) mass is 354 g/mol. The molecular weight excluding hydrogens is 340 g/mol. The van der Waals surface area contributed by atoms with Crippen molar-refractivity contribution in [3.8, 4) is 11.5 Å². The molecule has 0 spiro atoms. The average Bonchev–Trinajstić information content (AvgIpc) is 2.69. The lowest BCUT2D eigenvalue weighted by atomic mass is 10.1. The van der Waals surface area contributed by atoms with E-state index in [-0.39, 0.29) is 11.6 Å². The van der Waals surface area contributed by atoms with Crippen molar-refractivity contribution < 1.29 is 19.1 Å². The summed E-state index contributed by atoms with van der Waals surface area (Å²) in [5.41, 5.74) is 0.932. The van der Waals surface area contributed by atoms with Crippen LogP contribution in [0.25, 0.3) is 6.08 Å². The number of urea groups is 1. The third-order valence-corrected chi connectivity index (χ3v) is 3.52. The Kier molecular flexibility index (Phi) is 4.52. The van der Waals surface area contributed by atoms with Crippen LogP contribution in [0.3, 0.4) is 0 Å². The van der Waals surface area contributed by atoms with Crippen molar-refractivity contribution >= 4 is 33.9 Å². The average molecular weight is 355 g/mol. The molecule has 1 aromatic carbocycles. The van der Waals surface area contributed by atoms with Gasteiger partial charge in [0.05, 0.1) is 18.2 Å². The molecule has 0 unspecified atom stereocenters. The number of hydrogen-bond acceptors (Lipinski definition) is 4. The Balaban J connectivity index is 2.40. The lowest BCUT2D eigenvalue weighted by Gasteiger charge is -2.12. The zero-order valence-electron chi connectivity index (χ0n) is 11.9. The molecule has 1 aromatic rings. The largest absolute Gasteiger partial charge is 0.493 e. The van der Waals surface area contributed by atoms with E-state index < -0.39 is 6.03 Å². The second kappa shape index (κ2) is 6.17. The summed E-state index contributed by atoms with van der Waals surface area (Å²) in [5.74, 6) is 0.772. The summed E-state index contributed by atoms with van der Waals surface area (Å²) in [4.78, 5) is 24.3. The van der Waals surface area contributed by atoms with Gasteiger partial charge in [-0.2, -0.15) is 0 Å². The number of nitrogens with one attached hydrogen (secondary N) is 1. The highest BCUT2D eigenvalue weighted by Crippen LogP contribution is 2.37. The first-order chi connectivity index (χ1) is 9.97. The number of halogens is 1. The first-order valence-corrected chi connectivity index (χ1v) is 7.08. The van der Waals surface area contributed by atoms with Crippen molar-refractivity contribution in [3.05, 3.63) is 27.9 Å². The summed E-state index contributed by atoms with van der Waals surface area (Å²) >= 11 is 3.41. The lowest BCUT2D eigenvalue weighted by molar-refractivity contribution is -0.121. The Hall–Kier alpha value is -2.02. The number of rotatable bonds is 4. The smallest absolute Gasteiger partial charge is 0.328 e. The molecule has 6 nitrogen and oxygen atoms in total. The fourth-order valence-corrected chi connectivity index (χ4v) is 2.47. The summed E-state index contributed by atoms with van der Waals surface area (Å²) in [7, 11) is 2.96. The summed E-state index contributed by atoms with van der Waals surface area (Å²) < 4.78 is 11.5. The zero-order chi connectivity index (χ0) is 15.6. The van der Waals surface area contributed by atoms with Crippen LogP contribution in [0, 0.1) is 0 Å². The molecule has 1 aliphatic heterocycles. The molecule has 0 aromatic heterocycles. The number of amides is 3. The predicted molar refractivity (Wildman–Crippen MR) is 81.1 cm³/mol. The molecule has 1 fully saturated rings. The number of likely N-dealkylation sites (N-methyl/N-ethyl adjacent to an activating group) is 1. The van der Waals surface area contributed by atoms with Crippen molar-refractivity contribution in [2.45, 2.75) is 6.92 Å². The number of methoxy groups -OCH3 is 1. The van der Waals surface area contributed by atoms with Crippen LogP contribution in [-0.4, -0.2) is 37.6 Å². The molecule has 1 N–H and O–H groups in total. The van der Waals surface area contributed by atoms with Crippen LogP contribution in [0.1, 0.15) is 12.5 Å². The van der Waals surface area contributed by atoms with E-state index in [0.29, 0.717) is 28.1 Å². The van der Waals surface area contributed by atoms with E-state index >= 15 is 0 Å². The van der Waals surface area contributed by atoms with Gasteiger partial charge in [-0.15, -0.1) is 0 Å². The number of ether oxygens (including phenoxy) is 2. The van der Waals surface area contributed by atoms with Crippen LogP contribution in [0.2, 0.25) is 0 Å². The van der Waals surface area contributed by atoms with Gasteiger partial charge in [0.1, 0.15) is 5.70 Å². The highest BCUT2D eigenvalue weighted by atomic mass is 79.9. The molecule has 1 heterocycles. The third-order valence-electron chi connectivity index (χ3n) is 2.93. The molecule has 2 rings (SSSR count). The molecule has 1 saturated heterocycles. The van der Waals surface area contributed by atoms with E-state index in [9.17, 15) is 9.59 Å². The van der Waals surface area contributed by atoms with Gasteiger partial charge in [-0.25, -0.2) is 4.79 Å². The number of nitrogens with zero attached hydrogens (tertiary/aromatic N) is 1. The quantitative estimate of drug-likeness (QED) is 0.665. The molecule has 0 bridgehead atoms. The van der Waals surface area contributed by atoms with Gasteiger partial charge in [0.15, 0.2) is 11.5 Å². The molecule has 0 aliphatic carbocycles. The van der Waals surface area contributed by atoms with Gasteiger partial charge in [0.2, 0.25) is 0 Å². The minimum absolute atomic E-state index is 0.223. The van der Waals surface area contributed by atoms with Crippen LogP contribution >= 0.6 is 15.9 Å². The van der Waals surface area contributed by atoms with Crippen molar-refractivity contribution in [2.75, 3.05) is 20.8 Å². The van der Waals surface area contributed by atoms with Crippen LogP contribution in [0.15, 0.2) is 22.3 Å². The van der Waals surface area contributed by atoms with E-state index in [1.807, 2.05) is 6.92 Å². The van der Waals surface area contributed by atoms with Gasteiger partial charge in [-0.1, -0.05) is 0 Å². The highest BCUT2D eigenvalue weighted by Gasteiger charge is 2.30. The maximum atomic E-state index is 11.8. The van der Waals surface area contributed by atoms with E-state index in [2.05, 4.69) is 21.2 Å². The van der Waals surface area contributed by atoms with E-state index in [1.54, 1.807) is 18.2 Å². The fourth-order valence-electron chi connectivity index (χ4n) is 1.90. The van der Waals surface area contributed by atoms with E-state index in [1.165, 1.54) is 14.2 Å². The molecule has 7 heteroatoms. The number of carbonyl (C=O) groups is 2. The van der Waals surface area contributed by atoms with Gasteiger partial charge >= 0.3 is 6.03 Å². The van der Waals surface area contributed by atoms with Gasteiger partial charge in [-0.05, 0) is 46.6 Å². The first-order valence-electron chi connectivity index (χ1n) is 6.29. The van der Waals surface area contributed by atoms with E-state index in [4.69, 9.17) is 9.47 Å². The van der Waals surface area contributed by atoms with Gasteiger partial charge in [0.25, 0.3) is 5.91 Å². The lowest BCUT2D eigenvalue weighted by Crippen LogP contribution is -2.25. The number of imide groups is 1. The molecule has 1 aliphatic rings. The minimum atomic E-state index is -0.441. The maximum absolute atomic E-state index is 11.8. The molecule has 3 amide bonds. The number of hydrogen-bond donors (Lipinski definition) is 1. The van der Waals surface area contributed by atoms with Gasteiger partial charge < -0.3 is 14.8 Å². The van der Waals surface area contributed by atoms with Gasteiger partial charge in [-0.3, -0.25) is 9.69 Å². The maximum Gasteiger partial charge on any atom is 0.328 e. The normalized spacial score (nSPS) is 16.4. The number of benzene rings is 1. The Morgan fingerprint density at radius 1 is 1.38 bits per heavy atom. The Morgan fingerprint density at radius 2 is 2.10 bits per heavy atom. The summed E-state index contributed by atoms with van der Waals surface area (Å²) in [5, 5.41) is 2.51. The van der Waals surface area contributed by atoms with Crippen molar-refractivity contribution in [1.82, 2.24) is 10.2 Å². The second-order valence-corrected chi connectivity index (χ2v) is 5.17. The predicted octanol–water partition coefficient (Wildman–Crippen LogP) is 2.38. The Morgan fingerprint density at radius 3 is 2.62 bits per heavy atom. The standard InChI is InChI=1S/C14H15BrN2O4/c1-4-21-12-9(15)5-8(7-11(12)20-3)6-10-13(18)17(2)14(19)16-10/h5-7H,4H2,1-3H3,(H,16,19)/b10-6+. The van der Waals surface area contributed by atoms with Crippen molar-refractivity contribution in [1.29, 1.82) is 0 Å². The van der Waals surface area contributed by atoms with Crippen LogP contribution in [0.4, 0.5) is 4.79 Å². The summed E-state index contributed by atoms with van der Waals surface area (Å²) in [6.45, 7) is 2.39. The number of carbonyl (C=O) groups excluding carboxylic acids is 2. The van der Waals surface area contributed by atoms with Gasteiger partial charge in [0, 0.05) is 7.05 Å². The Bertz CT molecular complexity index is 628. The molecule has 21 heavy (non-hydrogen) atoms. The topological polar surface area (TPSA) is 67.9 Å². The highest BCUT2D eigenvalue weighted by molar-refractivity contribution is 9.10. The molecule has 0 saturated carbocycles. The molecule has 0 radical (unpaired) electrons. The fraction of sp³-hybridized carbons (Fsp3) is 0.286.